The van der Waals surface area contributed by atoms with E-state index in [0.29, 0.717) is 13.0 Å². The quantitative estimate of drug-likeness (QED) is 0.0323. The Hall–Kier alpha value is -1.94. The summed E-state index contributed by atoms with van der Waals surface area (Å²) in [6.45, 7) is 3.65. The van der Waals surface area contributed by atoms with Crippen LogP contribution in [0.5, 0.6) is 0 Å². The van der Waals surface area contributed by atoms with Gasteiger partial charge in [-0.25, -0.2) is 4.18 Å². The van der Waals surface area contributed by atoms with Gasteiger partial charge in [0.05, 0.1) is 19.8 Å². The normalized spacial score (nSPS) is 22.6. The van der Waals surface area contributed by atoms with Crippen LogP contribution in [0.3, 0.4) is 0 Å². The zero-order valence-electron chi connectivity index (χ0n) is 29.5. The Morgan fingerprint density at radius 1 is 0.796 bits per heavy atom. The minimum Gasteiger partial charge on any atom is -0.457 e. The van der Waals surface area contributed by atoms with E-state index in [-0.39, 0.29) is 19.6 Å². The molecule has 13 heteroatoms. The maximum Gasteiger partial charge on any atom is 0.397 e. The number of esters is 1. The number of unbranched alkanes of at least 4 members (excludes halogenated alkanes) is 8. The van der Waals surface area contributed by atoms with Crippen LogP contribution < -0.4 is 0 Å². The summed E-state index contributed by atoms with van der Waals surface area (Å²) in [7, 11) is -5.05. The van der Waals surface area contributed by atoms with Gasteiger partial charge in [0.15, 0.2) is 6.29 Å². The number of hydrogen-bond donors (Lipinski definition) is 4. The van der Waals surface area contributed by atoms with Gasteiger partial charge in [-0.3, -0.25) is 9.35 Å². The summed E-state index contributed by atoms with van der Waals surface area (Å²) in [4.78, 5) is 12.5. The van der Waals surface area contributed by atoms with Gasteiger partial charge in [-0.15, -0.1) is 0 Å². The molecule has 49 heavy (non-hydrogen) atoms. The van der Waals surface area contributed by atoms with Gasteiger partial charge < -0.3 is 34.3 Å². The second kappa shape index (κ2) is 28.7. The molecule has 6 atom stereocenters. The number of allylic oxidation sites excluding steroid dienone is 8. The monoisotopic (exact) mass is 718 g/mol. The van der Waals surface area contributed by atoms with E-state index < -0.39 is 59.8 Å². The summed E-state index contributed by atoms with van der Waals surface area (Å²) >= 11 is 0. The molecule has 0 aromatic carbocycles. The largest absolute Gasteiger partial charge is 0.457 e. The number of carbonyl (C=O) groups is 1. The number of ether oxygens (including phenoxy) is 4. The summed E-state index contributed by atoms with van der Waals surface area (Å²) in [5.41, 5.74) is 0. The molecule has 0 aromatic rings. The number of aliphatic hydroxyl groups excluding tert-OH is 3. The average molecular weight is 719 g/mol. The molecule has 6 unspecified atom stereocenters. The first-order chi connectivity index (χ1) is 23.6. The second-order valence-electron chi connectivity index (χ2n) is 12.1. The van der Waals surface area contributed by atoms with Crippen molar-refractivity contribution < 1.29 is 56.2 Å². The number of aliphatic hydroxyl groups is 3. The predicted octanol–water partition coefficient (Wildman–Crippen LogP) is 5.67. The fourth-order valence-electron chi connectivity index (χ4n) is 5.01. The van der Waals surface area contributed by atoms with Crippen molar-refractivity contribution in [3.05, 3.63) is 48.6 Å². The Morgan fingerprint density at radius 2 is 1.41 bits per heavy atom. The molecule has 1 saturated heterocycles. The number of hydrogen-bond acceptors (Lipinski definition) is 11. The van der Waals surface area contributed by atoms with Gasteiger partial charge in [-0.1, -0.05) is 101 Å². The smallest absolute Gasteiger partial charge is 0.397 e. The first-order valence-electron chi connectivity index (χ1n) is 17.9. The molecule has 1 heterocycles. The van der Waals surface area contributed by atoms with Gasteiger partial charge in [-0.2, -0.15) is 8.42 Å². The molecule has 4 N–H and O–H groups in total. The lowest BCUT2D eigenvalue weighted by atomic mass is 9.99. The number of rotatable bonds is 29. The Bertz CT molecular complexity index is 1060. The highest BCUT2D eigenvalue weighted by Crippen LogP contribution is 2.26. The van der Waals surface area contributed by atoms with Crippen molar-refractivity contribution in [2.45, 2.75) is 147 Å². The molecule has 284 valence electrons. The molecule has 12 nitrogen and oxygen atoms in total. The van der Waals surface area contributed by atoms with Crippen LogP contribution in [0.4, 0.5) is 0 Å². The topological polar surface area (TPSA) is 178 Å². The Labute approximate surface area is 294 Å². The molecule has 0 radical (unpaired) electrons. The zero-order valence-corrected chi connectivity index (χ0v) is 30.3. The van der Waals surface area contributed by atoms with Crippen molar-refractivity contribution in [1.29, 1.82) is 0 Å². The highest BCUT2D eigenvalue weighted by atomic mass is 32.3. The van der Waals surface area contributed by atoms with E-state index in [1.165, 1.54) is 0 Å². The third-order valence-electron chi connectivity index (χ3n) is 7.72. The molecule has 1 aliphatic heterocycles. The molecule has 0 spiro atoms. The Kier molecular flexibility index (Phi) is 26.4. The van der Waals surface area contributed by atoms with Gasteiger partial charge in [-0.05, 0) is 51.4 Å². The van der Waals surface area contributed by atoms with Crippen molar-refractivity contribution in [1.82, 2.24) is 0 Å². The second-order valence-corrected chi connectivity index (χ2v) is 13.1. The van der Waals surface area contributed by atoms with E-state index in [9.17, 15) is 28.5 Å². The summed E-state index contributed by atoms with van der Waals surface area (Å²) in [6.07, 6.45) is 22.3. The van der Waals surface area contributed by atoms with Gasteiger partial charge >= 0.3 is 16.4 Å². The van der Waals surface area contributed by atoms with E-state index in [0.717, 1.165) is 83.5 Å². The zero-order chi connectivity index (χ0) is 36.2. The van der Waals surface area contributed by atoms with E-state index in [1.54, 1.807) is 0 Å². The van der Waals surface area contributed by atoms with Crippen molar-refractivity contribution in [2.24, 2.45) is 0 Å². The molecular formula is C36H62O12S. The Morgan fingerprint density at radius 3 is 2.04 bits per heavy atom. The first kappa shape index (κ1) is 45.1. The van der Waals surface area contributed by atoms with Crippen LogP contribution in [0, 0.1) is 0 Å². The molecular weight excluding hydrogens is 656 g/mol. The third kappa shape index (κ3) is 23.2. The van der Waals surface area contributed by atoms with Crippen molar-refractivity contribution in [3.63, 3.8) is 0 Å². The van der Waals surface area contributed by atoms with Crippen LogP contribution in [-0.2, 0) is 38.3 Å². The van der Waals surface area contributed by atoms with Gasteiger partial charge in [0.1, 0.15) is 30.5 Å². The third-order valence-corrected chi connectivity index (χ3v) is 8.18. The van der Waals surface area contributed by atoms with Crippen LogP contribution in [0.1, 0.15) is 110 Å². The summed E-state index contributed by atoms with van der Waals surface area (Å²) in [5.74, 6) is -0.428. The molecule has 1 fully saturated rings. The van der Waals surface area contributed by atoms with Crippen LogP contribution in [0.15, 0.2) is 48.6 Å². The number of carbonyl (C=O) groups excluding carboxylic acids is 1. The minimum absolute atomic E-state index is 0.0202. The molecule has 0 aliphatic carbocycles. The van der Waals surface area contributed by atoms with Crippen LogP contribution >= 0.6 is 0 Å². The SMILES string of the molecule is CC/C=C\C/C=C\C/C=C\C/C=C\CCCCCCCOCC(COC1OC(CO)C(O)C(OS(=O)(=O)O)C1O)OC(=O)CCCCCC. The lowest BCUT2D eigenvalue weighted by molar-refractivity contribution is -0.301. The van der Waals surface area contributed by atoms with E-state index in [4.69, 9.17) is 23.5 Å². The highest BCUT2D eigenvalue weighted by Gasteiger charge is 2.48. The molecule has 0 amide bonds. The first-order valence-corrected chi connectivity index (χ1v) is 19.3. The maximum atomic E-state index is 12.5. The molecule has 0 saturated carbocycles. The van der Waals surface area contributed by atoms with Gasteiger partial charge in [0.25, 0.3) is 0 Å². The predicted molar refractivity (Wildman–Crippen MR) is 188 cm³/mol. The highest BCUT2D eigenvalue weighted by molar-refractivity contribution is 7.80. The maximum absolute atomic E-state index is 12.5. The van der Waals surface area contributed by atoms with Gasteiger partial charge in [0, 0.05) is 13.0 Å². The molecule has 1 aliphatic rings. The van der Waals surface area contributed by atoms with Crippen LogP contribution in [0.25, 0.3) is 0 Å². The van der Waals surface area contributed by atoms with Crippen molar-refractivity contribution in [3.8, 4) is 0 Å². The molecule has 0 bridgehead atoms. The van der Waals surface area contributed by atoms with Gasteiger partial charge in [0.2, 0.25) is 0 Å². The van der Waals surface area contributed by atoms with Crippen LogP contribution in [-0.4, -0.2) is 97.5 Å². The standard InChI is InChI=1S/C36H62O12S/c1-3-5-7-9-10-11-12-13-14-15-16-17-18-19-20-21-22-24-26-44-28-30(46-32(38)25-23-8-6-4-2)29-45-36-34(40)35(48-49(41,42)43)33(39)31(27-37)47-36/h5,7,10-11,13-14,16-17,30-31,33-37,39-40H,3-4,6,8-9,12,15,18-29H2,1-2H3,(H,41,42,43)/b7-5-,11-10-,14-13-,17-16-. The minimum atomic E-state index is -5.05. The fraction of sp³-hybridized carbons (Fsp3) is 0.750. The Balaban J connectivity index is 2.41. The lowest BCUT2D eigenvalue weighted by Gasteiger charge is -2.41. The molecule has 1 rings (SSSR count). The van der Waals surface area contributed by atoms with E-state index in [1.807, 2.05) is 0 Å². The lowest BCUT2D eigenvalue weighted by Crippen LogP contribution is -2.60. The summed E-state index contributed by atoms with van der Waals surface area (Å²) < 4.78 is 58.3. The van der Waals surface area contributed by atoms with Crippen molar-refractivity contribution in [2.75, 3.05) is 26.4 Å². The van der Waals surface area contributed by atoms with E-state index in [2.05, 4.69) is 66.6 Å². The van der Waals surface area contributed by atoms with Crippen molar-refractivity contribution >= 4 is 16.4 Å². The van der Waals surface area contributed by atoms with Crippen LogP contribution in [0.2, 0.25) is 0 Å². The van der Waals surface area contributed by atoms with E-state index >= 15 is 0 Å². The summed E-state index contributed by atoms with van der Waals surface area (Å²) in [5, 5.41) is 30.3. The fourth-order valence-corrected chi connectivity index (χ4v) is 5.52. The molecule has 0 aromatic heterocycles. The average Bonchev–Trinajstić information content (AvgIpc) is 3.06. The summed E-state index contributed by atoms with van der Waals surface area (Å²) in [6, 6.07) is 0.